The Labute approximate surface area is 207 Å². The van der Waals surface area contributed by atoms with Gasteiger partial charge in [-0.1, -0.05) is 37.3 Å². The van der Waals surface area contributed by atoms with Gasteiger partial charge in [-0.2, -0.15) is 0 Å². The zero-order valence-electron chi connectivity index (χ0n) is 21.1. The van der Waals surface area contributed by atoms with Gasteiger partial charge in [0.2, 0.25) is 5.91 Å². The van der Waals surface area contributed by atoms with Crippen LogP contribution in [0.1, 0.15) is 25.3 Å². The van der Waals surface area contributed by atoms with Crippen molar-refractivity contribution in [3.63, 3.8) is 0 Å². The van der Waals surface area contributed by atoms with E-state index in [0.29, 0.717) is 19.4 Å². The number of amides is 2. The lowest BCUT2D eigenvalue weighted by Gasteiger charge is -2.37. The molecule has 35 heavy (non-hydrogen) atoms. The number of rotatable bonds is 6. The minimum atomic E-state index is -2.18. The Bertz CT molecular complexity index is 1170. The van der Waals surface area contributed by atoms with Crippen molar-refractivity contribution in [1.82, 2.24) is 0 Å². The summed E-state index contributed by atoms with van der Waals surface area (Å²) in [5.41, 5.74) is 1.44. The molecule has 0 radical (unpaired) electrons. The Balaban J connectivity index is 1.61. The highest BCUT2D eigenvalue weighted by Crippen LogP contribution is 2.60. The van der Waals surface area contributed by atoms with Crippen LogP contribution in [0.15, 0.2) is 42.5 Å². The van der Waals surface area contributed by atoms with Gasteiger partial charge in [-0.3, -0.25) is 9.59 Å². The van der Waals surface area contributed by atoms with Crippen LogP contribution in [0.4, 0.5) is 11.4 Å². The topological polar surface area (TPSA) is 79.3 Å². The van der Waals surface area contributed by atoms with Gasteiger partial charge in [0.25, 0.3) is 5.91 Å². The fraction of sp³-hybridized carbons (Fsp3) is 0.481. The molecule has 1 spiro atoms. The fourth-order valence-electron chi connectivity index (χ4n) is 6.56. The van der Waals surface area contributed by atoms with E-state index in [9.17, 15) is 14.7 Å². The average Bonchev–Trinajstić information content (AvgIpc) is 3.25. The number of anilines is 2. The maximum absolute atomic E-state index is 13.9. The molecule has 2 aromatic rings. The maximum Gasteiger partial charge on any atom is 0.264 e. The van der Waals surface area contributed by atoms with Crippen molar-refractivity contribution in [1.29, 1.82) is 0 Å². The predicted octanol–water partition coefficient (Wildman–Crippen LogP) is 3.01. The second kappa shape index (κ2) is 8.46. The lowest BCUT2D eigenvalue weighted by atomic mass is 9.82. The summed E-state index contributed by atoms with van der Waals surface area (Å²) in [5.74, 6) is 0.729. The number of ether oxygens (including phenoxy) is 2. The molecule has 186 valence electrons. The summed E-state index contributed by atoms with van der Waals surface area (Å²) in [5, 5.41) is 11.2. The minimum Gasteiger partial charge on any atom is -0.497 e. The number of fused-ring (bicyclic) bond motifs is 2. The molecule has 8 heteroatoms. The van der Waals surface area contributed by atoms with E-state index in [4.69, 9.17) is 9.47 Å². The van der Waals surface area contributed by atoms with Crippen molar-refractivity contribution >= 4 is 36.4 Å². The summed E-state index contributed by atoms with van der Waals surface area (Å²) in [6.45, 7) is 7.46. The molecular formula is C27H34N2O5Si. The van der Waals surface area contributed by atoms with Crippen molar-refractivity contribution < 1.29 is 24.2 Å². The number of benzene rings is 2. The first-order valence-electron chi connectivity index (χ1n) is 12.3. The lowest BCUT2D eigenvalue weighted by molar-refractivity contribution is -0.145. The number of carbonyl (C=O) groups excluding carboxylic acids is 2. The van der Waals surface area contributed by atoms with Crippen LogP contribution in [0.3, 0.4) is 0 Å². The summed E-state index contributed by atoms with van der Waals surface area (Å²) in [6, 6.07) is 14.1. The SMILES string of the molecule is COc1ccc([Si](C)(C)[C@@H]2[C@@H](CCO)O[C@]3(C(=O)N(C)c4ccc(N5CCC5=O)cc43)[C@H]2C)cc1. The molecule has 3 aliphatic heterocycles. The molecule has 0 aromatic heterocycles. The standard InChI is InChI=1S/C27H34N2O5Si/c1-17-25(35(4,5)20-9-7-19(33-3)8-10-20)23(13-15-30)34-27(17)21-16-18(29-14-12-24(29)31)6-11-22(21)28(2)26(27)32/h6-11,16-17,23,25,30H,12-15H2,1-5H3/t17-,23+,25-,27+/m0/s1. The molecule has 0 aliphatic carbocycles. The quantitative estimate of drug-likeness (QED) is 0.493. The number of likely N-dealkylation sites (N-methyl/N-ethyl adjacent to an activating group) is 1. The molecule has 2 saturated heterocycles. The van der Waals surface area contributed by atoms with Gasteiger partial charge in [-0.15, -0.1) is 0 Å². The van der Waals surface area contributed by atoms with Gasteiger partial charge in [0.15, 0.2) is 5.60 Å². The Hall–Kier alpha value is -2.68. The maximum atomic E-state index is 13.9. The first-order chi connectivity index (χ1) is 16.7. The van der Waals surface area contributed by atoms with Gasteiger partial charge in [0.05, 0.1) is 27.0 Å². The summed E-state index contributed by atoms with van der Waals surface area (Å²) in [7, 11) is 1.27. The number of methoxy groups -OCH3 is 1. The summed E-state index contributed by atoms with van der Waals surface area (Å²) < 4.78 is 12.2. The number of hydrogen-bond donors (Lipinski definition) is 1. The van der Waals surface area contributed by atoms with Crippen LogP contribution in [0, 0.1) is 5.92 Å². The van der Waals surface area contributed by atoms with E-state index in [1.54, 1.807) is 24.0 Å². The number of carbonyl (C=O) groups is 2. The predicted molar refractivity (Wildman–Crippen MR) is 138 cm³/mol. The summed E-state index contributed by atoms with van der Waals surface area (Å²) in [4.78, 5) is 29.5. The van der Waals surface area contributed by atoms with Crippen LogP contribution < -0.4 is 19.7 Å². The van der Waals surface area contributed by atoms with Crippen LogP contribution in [0.25, 0.3) is 0 Å². The van der Waals surface area contributed by atoms with Crippen molar-refractivity contribution in [3.8, 4) is 5.75 Å². The van der Waals surface area contributed by atoms with E-state index in [1.807, 2.05) is 30.3 Å². The lowest BCUT2D eigenvalue weighted by Crippen LogP contribution is -2.51. The number of nitrogens with zero attached hydrogens (tertiary/aromatic N) is 2. The molecule has 0 bridgehead atoms. The Morgan fingerprint density at radius 3 is 2.46 bits per heavy atom. The zero-order valence-corrected chi connectivity index (χ0v) is 22.1. The van der Waals surface area contributed by atoms with E-state index in [0.717, 1.165) is 22.7 Å². The molecule has 2 amide bonds. The second-order valence-electron chi connectivity index (χ2n) is 10.5. The third-order valence-corrected chi connectivity index (χ3v) is 12.9. The van der Waals surface area contributed by atoms with Gasteiger partial charge in [-0.25, -0.2) is 0 Å². The van der Waals surface area contributed by atoms with E-state index in [-0.39, 0.29) is 36.0 Å². The van der Waals surface area contributed by atoms with Gasteiger partial charge >= 0.3 is 0 Å². The van der Waals surface area contributed by atoms with E-state index in [1.165, 1.54) is 5.19 Å². The highest BCUT2D eigenvalue weighted by Gasteiger charge is 2.65. The highest BCUT2D eigenvalue weighted by atomic mass is 28.3. The molecule has 1 N–H and O–H groups in total. The van der Waals surface area contributed by atoms with E-state index >= 15 is 0 Å². The van der Waals surface area contributed by atoms with E-state index in [2.05, 4.69) is 32.2 Å². The van der Waals surface area contributed by atoms with Crippen molar-refractivity contribution in [2.45, 2.75) is 50.1 Å². The van der Waals surface area contributed by atoms with Gasteiger partial charge in [-0.05, 0) is 42.3 Å². The van der Waals surface area contributed by atoms with Gasteiger partial charge in [0.1, 0.15) is 5.75 Å². The molecular weight excluding hydrogens is 460 g/mol. The van der Waals surface area contributed by atoms with Gasteiger partial charge < -0.3 is 24.4 Å². The molecule has 3 aliphatic rings. The van der Waals surface area contributed by atoms with Gasteiger partial charge in [0, 0.05) is 43.8 Å². The Morgan fingerprint density at radius 1 is 1.17 bits per heavy atom. The smallest absolute Gasteiger partial charge is 0.264 e. The molecule has 0 saturated carbocycles. The first kappa shape index (κ1) is 24.0. The number of hydrogen-bond acceptors (Lipinski definition) is 5. The fourth-order valence-corrected chi connectivity index (χ4v) is 10.6. The van der Waals surface area contributed by atoms with Crippen LogP contribution >= 0.6 is 0 Å². The Morgan fingerprint density at radius 2 is 1.89 bits per heavy atom. The normalized spacial score (nSPS) is 28.0. The first-order valence-corrected chi connectivity index (χ1v) is 15.4. The number of aliphatic hydroxyl groups is 1. The molecule has 4 atom stereocenters. The zero-order chi connectivity index (χ0) is 25.1. The van der Waals surface area contributed by atoms with E-state index < -0.39 is 13.7 Å². The van der Waals surface area contributed by atoms with Crippen molar-refractivity contribution in [2.24, 2.45) is 5.92 Å². The van der Waals surface area contributed by atoms with Crippen molar-refractivity contribution in [3.05, 3.63) is 48.0 Å². The third-order valence-electron chi connectivity index (χ3n) is 8.52. The number of aliphatic hydroxyl groups excluding tert-OH is 1. The van der Waals surface area contributed by atoms with Crippen LogP contribution in [-0.2, 0) is 19.9 Å². The molecule has 0 unspecified atom stereocenters. The second-order valence-corrected chi connectivity index (χ2v) is 15.2. The largest absolute Gasteiger partial charge is 0.497 e. The summed E-state index contributed by atoms with van der Waals surface area (Å²) in [6.07, 6.45) is 0.771. The highest BCUT2D eigenvalue weighted by molar-refractivity contribution is 6.91. The molecule has 3 heterocycles. The van der Waals surface area contributed by atoms with Crippen LogP contribution in [-0.4, -0.2) is 58.4 Å². The monoisotopic (exact) mass is 494 g/mol. The average molecular weight is 495 g/mol. The molecule has 5 rings (SSSR count). The Kier molecular flexibility index (Phi) is 5.81. The molecule has 2 fully saturated rings. The molecule has 7 nitrogen and oxygen atoms in total. The molecule has 2 aromatic carbocycles. The van der Waals surface area contributed by atoms with Crippen LogP contribution in [0.5, 0.6) is 5.75 Å². The third kappa shape index (κ3) is 3.37. The van der Waals surface area contributed by atoms with Crippen LogP contribution in [0.2, 0.25) is 18.6 Å². The van der Waals surface area contributed by atoms with Crippen molar-refractivity contribution in [2.75, 3.05) is 37.1 Å². The minimum absolute atomic E-state index is 0.00370. The number of β-lactam (4-membered cyclic amide) rings is 1. The summed E-state index contributed by atoms with van der Waals surface area (Å²) >= 11 is 0.